The van der Waals surface area contributed by atoms with Crippen molar-refractivity contribution in [3.05, 3.63) is 72.7 Å². The van der Waals surface area contributed by atoms with Gasteiger partial charge in [-0.3, -0.25) is 9.59 Å². The lowest BCUT2D eigenvalue weighted by Crippen LogP contribution is -2.43. The molecule has 2 amide bonds. The zero-order chi connectivity index (χ0) is 22.3. The molecule has 1 fully saturated rings. The first-order valence-electron chi connectivity index (χ1n) is 10.8. The molecule has 0 bridgehead atoms. The van der Waals surface area contributed by atoms with Crippen LogP contribution in [0.1, 0.15) is 30.1 Å². The van der Waals surface area contributed by atoms with E-state index in [2.05, 4.69) is 5.32 Å². The first-order chi connectivity index (χ1) is 15.6. The van der Waals surface area contributed by atoms with E-state index in [9.17, 15) is 9.59 Å². The van der Waals surface area contributed by atoms with Crippen LogP contribution in [0, 0.1) is 5.92 Å². The summed E-state index contributed by atoms with van der Waals surface area (Å²) in [7, 11) is 0. The van der Waals surface area contributed by atoms with E-state index in [4.69, 9.17) is 13.9 Å². The number of benzene rings is 2. The lowest BCUT2D eigenvalue weighted by atomic mass is 9.96. The highest BCUT2D eigenvalue weighted by Crippen LogP contribution is 2.26. The number of likely N-dealkylation sites (tertiary alicyclic amines) is 1. The predicted octanol–water partition coefficient (Wildman–Crippen LogP) is 4.96. The van der Waals surface area contributed by atoms with Crippen LogP contribution in [0.5, 0.6) is 17.2 Å². The van der Waals surface area contributed by atoms with E-state index in [0.29, 0.717) is 42.4 Å². The van der Waals surface area contributed by atoms with Gasteiger partial charge >= 0.3 is 0 Å². The molecule has 1 N–H and O–H groups in total. The molecule has 166 valence electrons. The summed E-state index contributed by atoms with van der Waals surface area (Å²) in [4.78, 5) is 27.0. The Labute approximate surface area is 186 Å². The van der Waals surface area contributed by atoms with Crippen molar-refractivity contribution < 1.29 is 23.5 Å². The van der Waals surface area contributed by atoms with E-state index in [0.717, 1.165) is 18.6 Å². The molecule has 1 aliphatic heterocycles. The minimum Gasteiger partial charge on any atom is -0.494 e. The second-order valence-corrected chi connectivity index (χ2v) is 7.62. The van der Waals surface area contributed by atoms with Gasteiger partial charge in [0.05, 0.1) is 24.4 Å². The third-order valence-corrected chi connectivity index (χ3v) is 5.34. The fourth-order valence-corrected chi connectivity index (χ4v) is 3.70. The van der Waals surface area contributed by atoms with Gasteiger partial charge in [0.2, 0.25) is 5.91 Å². The molecule has 1 unspecified atom stereocenters. The number of carbonyl (C=O) groups excluding carboxylic acids is 2. The summed E-state index contributed by atoms with van der Waals surface area (Å²) >= 11 is 0. The summed E-state index contributed by atoms with van der Waals surface area (Å²) in [5, 5.41) is 2.95. The molecule has 2 heterocycles. The molecule has 0 aliphatic carbocycles. The van der Waals surface area contributed by atoms with Crippen LogP contribution in [0.2, 0.25) is 0 Å². The zero-order valence-corrected chi connectivity index (χ0v) is 18.0. The summed E-state index contributed by atoms with van der Waals surface area (Å²) < 4.78 is 16.3. The molecule has 1 atom stereocenters. The topological polar surface area (TPSA) is 81.0 Å². The average molecular weight is 434 g/mol. The van der Waals surface area contributed by atoms with Crippen LogP contribution in [-0.4, -0.2) is 36.4 Å². The van der Waals surface area contributed by atoms with Crippen molar-refractivity contribution in [3.8, 4) is 17.2 Å². The monoisotopic (exact) mass is 434 g/mol. The van der Waals surface area contributed by atoms with E-state index in [1.54, 1.807) is 23.1 Å². The van der Waals surface area contributed by atoms with Crippen LogP contribution in [0.15, 0.2) is 71.5 Å². The van der Waals surface area contributed by atoms with Gasteiger partial charge in [-0.15, -0.1) is 0 Å². The van der Waals surface area contributed by atoms with E-state index < -0.39 is 0 Å². The number of anilines is 1. The fraction of sp³-hybridized carbons (Fsp3) is 0.280. The van der Waals surface area contributed by atoms with Crippen LogP contribution in [0.25, 0.3) is 0 Å². The SMILES string of the molecule is CCOc1ccc(Oc2ccc(NC(=O)C3CCCN(C(=O)c4ccoc4)C3)cc2)cc1. The lowest BCUT2D eigenvalue weighted by Gasteiger charge is -2.31. The van der Waals surface area contributed by atoms with Crippen molar-refractivity contribution in [3.63, 3.8) is 0 Å². The van der Waals surface area contributed by atoms with Gasteiger partial charge in [0.25, 0.3) is 5.91 Å². The Balaban J connectivity index is 1.31. The summed E-state index contributed by atoms with van der Waals surface area (Å²) in [6, 6.07) is 16.3. The molecule has 1 aliphatic rings. The minimum absolute atomic E-state index is 0.0881. The third-order valence-electron chi connectivity index (χ3n) is 5.34. The maximum Gasteiger partial charge on any atom is 0.257 e. The van der Waals surface area contributed by atoms with E-state index in [-0.39, 0.29) is 17.7 Å². The highest BCUT2D eigenvalue weighted by Gasteiger charge is 2.29. The minimum atomic E-state index is -0.251. The smallest absolute Gasteiger partial charge is 0.257 e. The Morgan fingerprint density at radius 2 is 1.72 bits per heavy atom. The number of piperidine rings is 1. The number of carbonyl (C=O) groups is 2. The summed E-state index contributed by atoms with van der Waals surface area (Å²) in [5.41, 5.74) is 1.20. The highest BCUT2D eigenvalue weighted by molar-refractivity contribution is 5.96. The van der Waals surface area contributed by atoms with Crippen LogP contribution in [-0.2, 0) is 4.79 Å². The zero-order valence-electron chi connectivity index (χ0n) is 18.0. The molecule has 2 aromatic carbocycles. The lowest BCUT2D eigenvalue weighted by molar-refractivity contribution is -0.121. The van der Waals surface area contributed by atoms with Crippen molar-refractivity contribution in [1.29, 1.82) is 0 Å². The Kier molecular flexibility index (Phi) is 6.75. The normalized spacial score (nSPS) is 15.8. The van der Waals surface area contributed by atoms with Crippen LogP contribution >= 0.6 is 0 Å². The largest absolute Gasteiger partial charge is 0.494 e. The van der Waals surface area contributed by atoms with Gasteiger partial charge in [0.15, 0.2) is 0 Å². The number of hydrogen-bond acceptors (Lipinski definition) is 5. The van der Waals surface area contributed by atoms with Crippen molar-refractivity contribution in [2.24, 2.45) is 5.92 Å². The van der Waals surface area contributed by atoms with Crippen LogP contribution in [0.4, 0.5) is 5.69 Å². The molecule has 0 saturated carbocycles. The molecule has 1 aromatic heterocycles. The Morgan fingerprint density at radius 1 is 1.03 bits per heavy atom. The molecule has 7 heteroatoms. The molecule has 1 saturated heterocycles. The second-order valence-electron chi connectivity index (χ2n) is 7.62. The van der Waals surface area contributed by atoms with Gasteiger partial charge < -0.3 is 24.1 Å². The Morgan fingerprint density at radius 3 is 2.38 bits per heavy atom. The quantitative estimate of drug-likeness (QED) is 0.568. The number of nitrogens with one attached hydrogen (secondary N) is 1. The number of hydrogen-bond donors (Lipinski definition) is 1. The molecule has 7 nitrogen and oxygen atoms in total. The number of amides is 2. The molecular formula is C25H26N2O5. The van der Waals surface area contributed by atoms with Crippen molar-refractivity contribution in [2.45, 2.75) is 19.8 Å². The number of furan rings is 1. The standard InChI is InChI=1S/C25H26N2O5/c1-2-31-21-9-11-23(12-10-21)32-22-7-5-20(6-8-22)26-24(28)18-4-3-14-27(16-18)25(29)19-13-15-30-17-19/h5-13,15,17-18H,2-4,14,16H2,1H3,(H,26,28). The van der Waals surface area contributed by atoms with Gasteiger partial charge in [0.1, 0.15) is 23.5 Å². The summed E-state index contributed by atoms with van der Waals surface area (Å²) in [5.74, 6) is 1.73. The fourth-order valence-electron chi connectivity index (χ4n) is 3.70. The van der Waals surface area contributed by atoms with Crippen LogP contribution < -0.4 is 14.8 Å². The van der Waals surface area contributed by atoms with Gasteiger partial charge in [-0.05, 0) is 74.4 Å². The number of ether oxygens (including phenoxy) is 2. The maximum atomic E-state index is 12.8. The Bertz CT molecular complexity index is 1030. The third kappa shape index (κ3) is 5.29. The predicted molar refractivity (Wildman–Crippen MR) is 120 cm³/mol. The first kappa shape index (κ1) is 21.5. The molecule has 32 heavy (non-hydrogen) atoms. The maximum absolute atomic E-state index is 12.8. The van der Waals surface area contributed by atoms with Gasteiger partial charge in [-0.1, -0.05) is 0 Å². The van der Waals surface area contributed by atoms with E-state index >= 15 is 0 Å². The molecule has 3 aromatic rings. The van der Waals surface area contributed by atoms with Gasteiger partial charge in [-0.2, -0.15) is 0 Å². The van der Waals surface area contributed by atoms with Gasteiger partial charge in [0, 0.05) is 18.8 Å². The first-order valence-corrected chi connectivity index (χ1v) is 10.8. The second kappa shape index (κ2) is 10.0. The molecule has 4 rings (SSSR count). The van der Waals surface area contributed by atoms with E-state index in [1.165, 1.54) is 12.5 Å². The van der Waals surface area contributed by atoms with Crippen LogP contribution in [0.3, 0.4) is 0 Å². The summed E-state index contributed by atoms with van der Waals surface area (Å²) in [6.45, 7) is 3.60. The molecular weight excluding hydrogens is 408 g/mol. The molecule has 0 spiro atoms. The van der Waals surface area contributed by atoms with Crippen molar-refractivity contribution in [1.82, 2.24) is 4.90 Å². The number of nitrogens with zero attached hydrogens (tertiary/aromatic N) is 1. The number of rotatable bonds is 7. The average Bonchev–Trinajstić information content (AvgIpc) is 3.36. The Hall–Kier alpha value is -3.74. The highest BCUT2D eigenvalue weighted by atomic mass is 16.5. The van der Waals surface area contributed by atoms with Crippen molar-refractivity contribution in [2.75, 3.05) is 25.0 Å². The van der Waals surface area contributed by atoms with Gasteiger partial charge in [-0.25, -0.2) is 0 Å². The molecule has 0 radical (unpaired) electrons. The van der Waals surface area contributed by atoms with E-state index in [1.807, 2.05) is 43.3 Å². The summed E-state index contributed by atoms with van der Waals surface area (Å²) in [6.07, 6.45) is 4.45. The van der Waals surface area contributed by atoms with Crippen molar-refractivity contribution >= 4 is 17.5 Å².